The minimum atomic E-state index is -0.559. The third kappa shape index (κ3) is 1.95. The van der Waals surface area contributed by atoms with E-state index in [-0.39, 0.29) is 11.4 Å². The predicted octanol–water partition coefficient (Wildman–Crippen LogP) is -0.441. The van der Waals surface area contributed by atoms with Crippen molar-refractivity contribution >= 4 is 37.4 Å². The van der Waals surface area contributed by atoms with E-state index < -0.39 is 11.8 Å². The Labute approximate surface area is 84.6 Å². The highest BCUT2D eigenvalue weighted by atomic mass is 32.1. The van der Waals surface area contributed by atoms with Crippen LogP contribution in [0.25, 0.3) is 0 Å². The van der Waals surface area contributed by atoms with Gasteiger partial charge in [0.05, 0.1) is 6.33 Å². The summed E-state index contributed by atoms with van der Waals surface area (Å²) in [7, 11) is 0. The summed E-state index contributed by atoms with van der Waals surface area (Å²) in [6.45, 7) is 0. The fourth-order valence-corrected chi connectivity index (χ4v) is 0.966. The lowest BCUT2D eigenvalue weighted by atomic mass is 10.3. The SMILES string of the molecule is O=C(NS)c1nc[nH]c1C(=O)NS. The second-order valence-corrected chi connectivity index (χ2v) is 2.46. The van der Waals surface area contributed by atoms with Gasteiger partial charge in [-0.15, -0.1) is 0 Å². The van der Waals surface area contributed by atoms with Gasteiger partial charge in [0.15, 0.2) is 5.69 Å². The van der Waals surface area contributed by atoms with Gasteiger partial charge in [0.2, 0.25) is 0 Å². The first kappa shape index (κ1) is 9.93. The highest BCUT2D eigenvalue weighted by Gasteiger charge is 2.18. The van der Waals surface area contributed by atoms with Crippen molar-refractivity contribution in [3.63, 3.8) is 0 Å². The molecule has 0 atom stereocenters. The molecular weight excluding hydrogens is 212 g/mol. The molecule has 0 bridgehead atoms. The molecule has 1 heterocycles. The molecule has 1 aromatic heterocycles. The van der Waals surface area contributed by atoms with Crippen LogP contribution in [0.3, 0.4) is 0 Å². The van der Waals surface area contributed by atoms with Crippen LogP contribution in [0.5, 0.6) is 0 Å². The van der Waals surface area contributed by atoms with Crippen LogP contribution in [-0.4, -0.2) is 21.8 Å². The van der Waals surface area contributed by atoms with Gasteiger partial charge in [-0.2, -0.15) is 0 Å². The van der Waals surface area contributed by atoms with E-state index in [2.05, 4.69) is 45.0 Å². The zero-order valence-corrected chi connectivity index (χ0v) is 8.02. The molecule has 0 spiro atoms. The Hall–Kier alpha value is -1.15. The molecule has 1 rings (SSSR count). The number of thiol groups is 2. The average molecular weight is 218 g/mol. The summed E-state index contributed by atoms with van der Waals surface area (Å²) in [4.78, 5) is 28.2. The summed E-state index contributed by atoms with van der Waals surface area (Å²) < 4.78 is 4.12. The maximum absolute atomic E-state index is 11.1. The topological polar surface area (TPSA) is 86.9 Å². The Kier molecular flexibility index (Phi) is 3.20. The minimum Gasteiger partial charge on any atom is -0.340 e. The lowest BCUT2D eigenvalue weighted by Crippen LogP contribution is -2.21. The van der Waals surface area contributed by atoms with Gasteiger partial charge >= 0.3 is 0 Å². The molecule has 2 amide bonds. The number of H-pyrrole nitrogens is 1. The molecule has 0 aliphatic carbocycles. The van der Waals surface area contributed by atoms with Crippen molar-refractivity contribution in [2.24, 2.45) is 0 Å². The Morgan fingerprint density at radius 3 is 2.46 bits per heavy atom. The van der Waals surface area contributed by atoms with Gasteiger partial charge in [0.25, 0.3) is 11.8 Å². The number of carbonyl (C=O) groups is 2. The van der Waals surface area contributed by atoms with Crippen LogP contribution in [0.4, 0.5) is 0 Å². The normalized spacial score (nSPS) is 9.38. The standard InChI is InChI=1S/C5H6N4O2S2/c10-4(8-12)2-3(5(11)9-13)7-1-6-2/h1,12-13H,(H,6,7)(H,8,10)(H,9,11). The van der Waals surface area contributed by atoms with E-state index in [1.54, 1.807) is 0 Å². The molecule has 13 heavy (non-hydrogen) atoms. The minimum absolute atomic E-state index is 0.0263. The van der Waals surface area contributed by atoms with Gasteiger partial charge in [-0.05, 0) is 0 Å². The van der Waals surface area contributed by atoms with Crippen molar-refractivity contribution in [2.75, 3.05) is 0 Å². The fraction of sp³-hybridized carbons (Fsp3) is 0. The van der Waals surface area contributed by atoms with E-state index in [4.69, 9.17) is 0 Å². The van der Waals surface area contributed by atoms with Gasteiger partial charge in [0.1, 0.15) is 5.69 Å². The number of aromatic nitrogens is 2. The highest BCUT2D eigenvalue weighted by Crippen LogP contribution is 2.02. The van der Waals surface area contributed by atoms with Gasteiger partial charge in [0, 0.05) is 0 Å². The van der Waals surface area contributed by atoms with Gasteiger partial charge in [-0.1, -0.05) is 25.6 Å². The maximum Gasteiger partial charge on any atom is 0.281 e. The molecule has 8 heteroatoms. The summed E-state index contributed by atoms with van der Waals surface area (Å²) in [6.07, 6.45) is 1.23. The van der Waals surface area contributed by atoms with E-state index in [9.17, 15) is 9.59 Å². The summed E-state index contributed by atoms with van der Waals surface area (Å²) in [5.74, 6) is -1.09. The van der Waals surface area contributed by atoms with E-state index in [1.165, 1.54) is 6.33 Å². The second-order valence-electron chi connectivity index (χ2n) is 2.01. The summed E-state index contributed by atoms with van der Waals surface area (Å²) in [6, 6.07) is 0. The molecule has 1 aromatic rings. The number of hydrogen-bond donors (Lipinski definition) is 5. The highest BCUT2D eigenvalue weighted by molar-refractivity contribution is 7.79. The number of hydrogen-bond acceptors (Lipinski definition) is 5. The third-order valence-corrected chi connectivity index (χ3v) is 1.69. The van der Waals surface area contributed by atoms with Crippen molar-refractivity contribution in [1.29, 1.82) is 0 Å². The molecule has 0 saturated heterocycles. The quantitative estimate of drug-likeness (QED) is 0.436. The number of rotatable bonds is 2. The maximum atomic E-state index is 11.1. The monoisotopic (exact) mass is 218 g/mol. The number of aromatic amines is 1. The molecule has 0 aliphatic rings. The molecule has 0 aliphatic heterocycles. The van der Waals surface area contributed by atoms with Gasteiger partial charge < -0.3 is 4.98 Å². The Morgan fingerprint density at radius 2 is 1.92 bits per heavy atom. The first-order valence-electron chi connectivity index (χ1n) is 3.13. The van der Waals surface area contributed by atoms with Gasteiger partial charge in [-0.3, -0.25) is 19.0 Å². The zero-order valence-electron chi connectivity index (χ0n) is 6.24. The Balaban J connectivity index is 3.02. The molecular formula is C5H6N4O2S2. The van der Waals surface area contributed by atoms with E-state index in [1.807, 2.05) is 0 Å². The fourth-order valence-electron chi connectivity index (χ4n) is 0.748. The predicted molar refractivity (Wildman–Crippen MR) is 51.5 cm³/mol. The third-order valence-electron chi connectivity index (χ3n) is 1.28. The van der Waals surface area contributed by atoms with Crippen molar-refractivity contribution < 1.29 is 9.59 Å². The Bertz CT molecular complexity index is 307. The molecule has 3 N–H and O–H groups in total. The second kappa shape index (κ2) is 4.19. The average Bonchev–Trinajstić information content (AvgIpc) is 2.63. The van der Waals surface area contributed by atoms with Crippen LogP contribution in [0.1, 0.15) is 21.0 Å². The van der Waals surface area contributed by atoms with Crippen molar-refractivity contribution in [1.82, 2.24) is 19.4 Å². The van der Waals surface area contributed by atoms with Crippen LogP contribution in [0.15, 0.2) is 6.33 Å². The van der Waals surface area contributed by atoms with Crippen LogP contribution in [-0.2, 0) is 0 Å². The van der Waals surface area contributed by atoms with E-state index >= 15 is 0 Å². The van der Waals surface area contributed by atoms with Crippen molar-refractivity contribution in [3.8, 4) is 0 Å². The number of amides is 2. The molecule has 70 valence electrons. The van der Waals surface area contributed by atoms with E-state index in [0.29, 0.717) is 0 Å². The largest absolute Gasteiger partial charge is 0.340 e. The van der Waals surface area contributed by atoms with Crippen LogP contribution < -0.4 is 9.44 Å². The molecule has 6 nitrogen and oxygen atoms in total. The number of imidazole rings is 1. The van der Waals surface area contributed by atoms with Crippen molar-refractivity contribution in [2.45, 2.75) is 0 Å². The summed E-state index contributed by atoms with van der Waals surface area (Å²) in [5, 5.41) is 0. The first-order valence-corrected chi connectivity index (χ1v) is 4.02. The number of nitrogens with zero attached hydrogens (tertiary/aromatic N) is 1. The van der Waals surface area contributed by atoms with Crippen LogP contribution in [0, 0.1) is 0 Å². The first-order chi connectivity index (χ1) is 6.20. The lowest BCUT2D eigenvalue weighted by Gasteiger charge is -1.97. The number of carbonyl (C=O) groups excluding carboxylic acids is 2. The van der Waals surface area contributed by atoms with Gasteiger partial charge in [-0.25, -0.2) is 4.98 Å². The number of nitrogens with one attached hydrogen (secondary N) is 3. The summed E-state index contributed by atoms with van der Waals surface area (Å²) >= 11 is 7.09. The summed E-state index contributed by atoms with van der Waals surface area (Å²) in [5.41, 5.74) is 0.0168. The molecule has 0 radical (unpaired) electrons. The lowest BCUT2D eigenvalue weighted by molar-refractivity contribution is 0.0946. The van der Waals surface area contributed by atoms with Crippen molar-refractivity contribution in [3.05, 3.63) is 17.7 Å². The smallest absolute Gasteiger partial charge is 0.281 e. The van der Waals surface area contributed by atoms with Crippen LogP contribution >= 0.6 is 25.6 Å². The molecule has 0 fully saturated rings. The Morgan fingerprint density at radius 1 is 1.31 bits per heavy atom. The molecule has 0 aromatic carbocycles. The molecule has 0 saturated carbocycles. The van der Waals surface area contributed by atoms with Crippen LogP contribution in [0.2, 0.25) is 0 Å². The zero-order chi connectivity index (χ0) is 9.84. The van der Waals surface area contributed by atoms with E-state index in [0.717, 1.165) is 0 Å². The molecule has 0 unspecified atom stereocenters.